The van der Waals surface area contributed by atoms with E-state index in [4.69, 9.17) is 0 Å². The molecule has 0 saturated carbocycles. The molecule has 1 atom stereocenters. The quantitative estimate of drug-likeness (QED) is 0.800. The first-order valence-corrected chi connectivity index (χ1v) is 6.18. The highest BCUT2D eigenvalue weighted by Crippen LogP contribution is 2.03. The van der Waals surface area contributed by atoms with Crippen molar-refractivity contribution in [1.82, 2.24) is 10.6 Å². The molecule has 0 aromatic heterocycles. The van der Waals surface area contributed by atoms with Crippen LogP contribution in [0.25, 0.3) is 6.08 Å². The fourth-order valence-electron chi connectivity index (χ4n) is 1.75. The van der Waals surface area contributed by atoms with E-state index in [1.54, 1.807) is 6.08 Å². The van der Waals surface area contributed by atoms with Crippen LogP contribution in [0.5, 0.6) is 0 Å². The Hall–Kier alpha value is -2.36. The molecule has 0 unspecified atom stereocenters. The van der Waals surface area contributed by atoms with Gasteiger partial charge in [0, 0.05) is 18.7 Å². The Kier molecular flexibility index (Phi) is 4.13. The zero-order valence-electron chi connectivity index (χ0n) is 10.7. The fraction of sp³-hybridized carbons (Fsp3) is 0.200. The Morgan fingerprint density at radius 1 is 1.32 bits per heavy atom. The van der Waals surface area contributed by atoms with E-state index >= 15 is 0 Å². The van der Waals surface area contributed by atoms with Crippen LogP contribution >= 0.6 is 0 Å². The van der Waals surface area contributed by atoms with Gasteiger partial charge in [0.25, 0.3) is 5.91 Å². The third-order valence-electron chi connectivity index (χ3n) is 2.75. The Morgan fingerprint density at radius 2 is 2.05 bits per heavy atom. The monoisotopic (exact) mass is 256 g/mol. The SMILES string of the molecule is C[C@H]1CN/C(=C\C(=O)/C=C/c2ccccc2)C(=O)N1. The van der Waals surface area contributed by atoms with Crippen molar-refractivity contribution in [2.24, 2.45) is 0 Å². The standard InChI is InChI=1S/C15H16N2O2/c1-11-10-16-14(15(19)17-11)9-13(18)8-7-12-5-3-2-4-6-12/h2-9,11,16H,10H2,1H3,(H,17,19)/b8-7+,14-9-/t11-/m0/s1. The van der Waals surface area contributed by atoms with Gasteiger partial charge in [0.1, 0.15) is 5.70 Å². The van der Waals surface area contributed by atoms with Crippen molar-refractivity contribution >= 4 is 17.8 Å². The van der Waals surface area contributed by atoms with Crippen LogP contribution in [0.15, 0.2) is 48.2 Å². The molecule has 98 valence electrons. The van der Waals surface area contributed by atoms with E-state index in [2.05, 4.69) is 10.6 Å². The number of amides is 1. The van der Waals surface area contributed by atoms with Gasteiger partial charge in [-0.25, -0.2) is 0 Å². The molecule has 2 N–H and O–H groups in total. The molecule has 19 heavy (non-hydrogen) atoms. The molecular weight excluding hydrogens is 240 g/mol. The second-order valence-electron chi connectivity index (χ2n) is 4.46. The van der Waals surface area contributed by atoms with Gasteiger partial charge in [-0.3, -0.25) is 9.59 Å². The van der Waals surface area contributed by atoms with Gasteiger partial charge in [-0.05, 0) is 18.6 Å². The molecule has 4 nitrogen and oxygen atoms in total. The molecule has 1 heterocycles. The van der Waals surface area contributed by atoms with Crippen LogP contribution in [0.2, 0.25) is 0 Å². The summed E-state index contributed by atoms with van der Waals surface area (Å²) >= 11 is 0. The average Bonchev–Trinajstić information content (AvgIpc) is 2.41. The van der Waals surface area contributed by atoms with Crippen molar-refractivity contribution in [2.45, 2.75) is 13.0 Å². The highest BCUT2D eigenvalue weighted by Gasteiger charge is 2.18. The maximum absolute atomic E-state index is 11.7. The summed E-state index contributed by atoms with van der Waals surface area (Å²) in [6, 6.07) is 9.62. The molecule has 1 aliphatic rings. The van der Waals surface area contributed by atoms with Crippen LogP contribution in [0.4, 0.5) is 0 Å². The minimum Gasteiger partial charge on any atom is -0.378 e. The van der Waals surface area contributed by atoms with Gasteiger partial charge in [-0.1, -0.05) is 36.4 Å². The van der Waals surface area contributed by atoms with Gasteiger partial charge in [-0.2, -0.15) is 0 Å². The first-order valence-electron chi connectivity index (χ1n) is 6.18. The number of ketones is 1. The van der Waals surface area contributed by atoms with Crippen LogP contribution in [-0.4, -0.2) is 24.3 Å². The Balaban J connectivity index is 2.01. The molecule has 1 aliphatic heterocycles. The summed E-state index contributed by atoms with van der Waals surface area (Å²) in [5.74, 6) is -0.448. The number of nitrogens with one attached hydrogen (secondary N) is 2. The number of rotatable bonds is 3. The number of hydrogen-bond acceptors (Lipinski definition) is 3. The third kappa shape index (κ3) is 3.81. The van der Waals surface area contributed by atoms with E-state index in [0.717, 1.165) is 5.56 Å². The fourth-order valence-corrected chi connectivity index (χ4v) is 1.75. The van der Waals surface area contributed by atoms with Gasteiger partial charge < -0.3 is 10.6 Å². The lowest BCUT2D eigenvalue weighted by molar-refractivity contribution is -0.119. The predicted octanol–water partition coefficient (Wildman–Crippen LogP) is 1.26. The van der Waals surface area contributed by atoms with E-state index in [9.17, 15) is 9.59 Å². The topological polar surface area (TPSA) is 58.2 Å². The zero-order chi connectivity index (χ0) is 13.7. The molecule has 0 aliphatic carbocycles. The minimum absolute atomic E-state index is 0.0830. The lowest BCUT2D eigenvalue weighted by Gasteiger charge is -2.23. The minimum atomic E-state index is -0.236. The zero-order valence-corrected chi connectivity index (χ0v) is 10.7. The van der Waals surface area contributed by atoms with Crippen LogP contribution in [0.1, 0.15) is 12.5 Å². The highest BCUT2D eigenvalue weighted by molar-refractivity contribution is 6.07. The molecule has 1 amide bonds. The van der Waals surface area contributed by atoms with E-state index < -0.39 is 0 Å². The largest absolute Gasteiger partial charge is 0.378 e. The van der Waals surface area contributed by atoms with Gasteiger partial charge in [-0.15, -0.1) is 0 Å². The van der Waals surface area contributed by atoms with Gasteiger partial charge in [0.05, 0.1) is 0 Å². The number of allylic oxidation sites excluding steroid dienone is 2. The van der Waals surface area contributed by atoms with Crippen LogP contribution in [0.3, 0.4) is 0 Å². The Bertz CT molecular complexity index is 532. The van der Waals surface area contributed by atoms with Gasteiger partial charge >= 0.3 is 0 Å². The maximum Gasteiger partial charge on any atom is 0.267 e. The van der Waals surface area contributed by atoms with Crippen molar-refractivity contribution in [2.75, 3.05) is 6.54 Å². The van der Waals surface area contributed by atoms with Gasteiger partial charge in [0.15, 0.2) is 5.78 Å². The Morgan fingerprint density at radius 3 is 2.74 bits per heavy atom. The summed E-state index contributed by atoms with van der Waals surface area (Å²) < 4.78 is 0. The van der Waals surface area contributed by atoms with E-state index in [1.165, 1.54) is 12.2 Å². The summed E-state index contributed by atoms with van der Waals surface area (Å²) in [7, 11) is 0. The second-order valence-corrected chi connectivity index (χ2v) is 4.46. The summed E-state index contributed by atoms with van der Waals surface area (Å²) in [6.45, 7) is 2.53. The summed E-state index contributed by atoms with van der Waals surface area (Å²) in [5, 5.41) is 5.70. The number of piperazine rings is 1. The van der Waals surface area contributed by atoms with E-state index in [0.29, 0.717) is 12.2 Å². The first-order chi connectivity index (χ1) is 9.15. The van der Waals surface area contributed by atoms with Crippen molar-refractivity contribution in [3.05, 3.63) is 53.7 Å². The van der Waals surface area contributed by atoms with Crippen molar-refractivity contribution < 1.29 is 9.59 Å². The maximum atomic E-state index is 11.7. The number of carbonyl (C=O) groups excluding carboxylic acids is 2. The predicted molar refractivity (Wildman–Crippen MR) is 74.2 cm³/mol. The van der Waals surface area contributed by atoms with E-state index in [-0.39, 0.29) is 17.7 Å². The van der Waals surface area contributed by atoms with Crippen molar-refractivity contribution in [3.8, 4) is 0 Å². The number of carbonyl (C=O) groups is 2. The lowest BCUT2D eigenvalue weighted by atomic mass is 10.1. The first kappa shape index (κ1) is 13.1. The number of benzene rings is 1. The molecule has 1 aromatic carbocycles. The summed E-state index contributed by atoms with van der Waals surface area (Å²) in [5.41, 5.74) is 1.27. The molecule has 0 radical (unpaired) electrons. The van der Waals surface area contributed by atoms with Crippen LogP contribution in [0, 0.1) is 0 Å². The molecule has 0 spiro atoms. The van der Waals surface area contributed by atoms with Crippen molar-refractivity contribution in [3.63, 3.8) is 0 Å². The van der Waals surface area contributed by atoms with E-state index in [1.807, 2.05) is 37.3 Å². The molecule has 2 rings (SSSR count). The average molecular weight is 256 g/mol. The summed E-state index contributed by atoms with van der Waals surface area (Å²) in [6.07, 6.45) is 4.50. The molecule has 4 heteroatoms. The molecule has 1 saturated heterocycles. The highest BCUT2D eigenvalue weighted by atomic mass is 16.2. The van der Waals surface area contributed by atoms with Crippen LogP contribution in [-0.2, 0) is 9.59 Å². The smallest absolute Gasteiger partial charge is 0.267 e. The second kappa shape index (κ2) is 6.00. The third-order valence-corrected chi connectivity index (χ3v) is 2.75. The molecular formula is C15H16N2O2. The lowest BCUT2D eigenvalue weighted by Crippen LogP contribution is -2.49. The number of hydrogen-bond donors (Lipinski definition) is 2. The summed E-state index contributed by atoms with van der Waals surface area (Å²) in [4.78, 5) is 23.3. The molecule has 1 aromatic rings. The molecule has 1 fully saturated rings. The van der Waals surface area contributed by atoms with Crippen molar-refractivity contribution in [1.29, 1.82) is 0 Å². The van der Waals surface area contributed by atoms with Gasteiger partial charge in [0.2, 0.25) is 0 Å². The Labute approximate surface area is 112 Å². The molecule has 0 bridgehead atoms. The normalized spacial score (nSPS) is 21.2. The van der Waals surface area contributed by atoms with Crippen LogP contribution < -0.4 is 10.6 Å².